The molecule has 2 N–H and O–H groups in total. The highest BCUT2D eigenvalue weighted by molar-refractivity contribution is 4.84. The monoisotopic (exact) mass is 268 g/mol. The molecule has 1 aliphatic carbocycles. The van der Waals surface area contributed by atoms with E-state index in [2.05, 4.69) is 25.7 Å². The van der Waals surface area contributed by atoms with E-state index in [4.69, 9.17) is 5.73 Å². The summed E-state index contributed by atoms with van der Waals surface area (Å²) in [7, 11) is 0. The largest absolute Gasteiger partial charge is 0.330 e. The molecule has 0 saturated heterocycles. The van der Waals surface area contributed by atoms with Gasteiger partial charge in [-0.05, 0) is 44.2 Å². The average molecular weight is 268 g/mol. The van der Waals surface area contributed by atoms with Gasteiger partial charge in [-0.15, -0.1) is 0 Å². The third-order valence-corrected chi connectivity index (χ3v) is 5.08. The van der Waals surface area contributed by atoms with E-state index in [0.717, 1.165) is 24.4 Å². The number of rotatable bonds is 9. The van der Waals surface area contributed by atoms with Crippen LogP contribution in [-0.2, 0) is 0 Å². The molecule has 0 aliphatic heterocycles. The maximum Gasteiger partial charge on any atom is 0.0135 e. The Morgan fingerprint density at radius 2 is 1.89 bits per heavy atom. The van der Waals surface area contributed by atoms with Crippen LogP contribution in [0.25, 0.3) is 0 Å². The summed E-state index contributed by atoms with van der Waals surface area (Å²) in [4.78, 5) is 2.75. The van der Waals surface area contributed by atoms with Gasteiger partial charge in [0.1, 0.15) is 0 Å². The van der Waals surface area contributed by atoms with Crippen molar-refractivity contribution in [3.63, 3.8) is 0 Å². The van der Waals surface area contributed by atoms with Crippen molar-refractivity contribution in [2.75, 3.05) is 19.6 Å². The zero-order chi connectivity index (χ0) is 14.1. The SMILES string of the molecule is CCCCC(CC)CN(CC)C1CCCCC1CN. The summed E-state index contributed by atoms with van der Waals surface area (Å²) >= 11 is 0. The number of nitrogens with zero attached hydrogens (tertiary/aromatic N) is 1. The minimum atomic E-state index is 0.748. The van der Waals surface area contributed by atoms with Crippen LogP contribution in [0.4, 0.5) is 0 Å². The van der Waals surface area contributed by atoms with E-state index in [-0.39, 0.29) is 0 Å². The van der Waals surface area contributed by atoms with E-state index in [9.17, 15) is 0 Å². The minimum Gasteiger partial charge on any atom is -0.330 e. The number of nitrogens with two attached hydrogens (primary N) is 1. The normalized spacial score (nSPS) is 25.7. The molecule has 0 aromatic rings. The van der Waals surface area contributed by atoms with Crippen LogP contribution in [0.5, 0.6) is 0 Å². The fourth-order valence-corrected chi connectivity index (χ4v) is 3.69. The van der Waals surface area contributed by atoms with Crippen LogP contribution in [0.3, 0.4) is 0 Å². The maximum absolute atomic E-state index is 6.00. The molecular weight excluding hydrogens is 232 g/mol. The Hall–Kier alpha value is -0.0800. The van der Waals surface area contributed by atoms with Crippen LogP contribution < -0.4 is 5.73 Å². The first-order valence-electron chi connectivity index (χ1n) is 8.70. The fraction of sp³-hybridized carbons (Fsp3) is 1.00. The highest BCUT2D eigenvalue weighted by Gasteiger charge is 2.29. The fourth-order valence-electron chi connectivity index (χ4n) is 3.69. The van der Waals surface area contributed by atoms with Crippen LogP contribution >= 0.6 is 0 Å². The van der Waals surface area contributed by atoms with Crippen LogP contribution in [0, 0.1) is 11.8 Å². The molecule has 0 heterocycles. The zero-order valence-electron chi connectivity index (χ0n) is 13.5. The summed E-state index contributed by atoms with van der Waals surface area (Å²) in [6.07, 6.45) is 11.0. The Labute approximate surface area is 121 Å². The molecule has 0 radical (unpaired) electrons. The molecular formula is C17H36N2. The van der Waals surface area contributed by atoms with Crippen LogP contribution in [0.15, 0.2) is 0 Å². The van der Waals surface area contributed by atoms with Crippen molar-refractivity contribution in [2.45, 2.75) is 78.2 Å². The molecule has 1 aliphatic rings. The third kappa shape index (κ3) is 5.43. The summed E-state index contributed by atoms with van der Waals surface area (Å²) in [5, 5.41) is 0. The van der Waals surface area contributed by atoms with Gasteiger partial charge in [-0.2, -0.15) is 0 Å². The second kappa shape index (κ2) is 9.77. The summed E-state index contributed by atoms with van der Waals surface area (Å²) in [6, 6.07) is 0.763. The molecule has 1 rings (SSSR count). The molecule has 1 saturated carbocycles. The number of hydrogen-bond acceptors (Lipinski definition) is 2. The average Bonchev–Trinajstić information content (AvgIpc) is 2.47. The Morgan fingerprint density at radius 1 is 1.16 bits per heavy atom. The van der Waals surface area contributed by atoms with E-state index in [0.29, 0.717) is 0 Å². The first-order chi connectivity index (χ1) is 9.26. The van der Waals surface area contributed by atoms with E-state index < -0.39 is 0 Å². The van der Waals surface area contributed by atoms with Gasteiger partial charge in [0.05, 0.1) is 0 Å². The van der Waals surface area contributed by atoms with Gasteiger partial charge in [-0.25, -0.2) is 0 Å². The van der Waals surface area contributed by atoms with Gasteiger partial charge in [0.15, 0.2) is 0 Å². The van der Waals surface area contributed by atoms with Crippen molar-refractivity contribution in [3.05, 3.63) is 0 Å². The molecule has 0 aromatic carbocycles. The summed E-state index contributed by atoms with van der Waals surface area (Å²) < 4.78 is 0. The molecule has 3 unspecified atom stereocenters. The van der Waals surface area contributed by atoms with E-state index in [1.165, 1.54) is 64.5 Å². The van der Waals surface area contributed by atoms with Gasteiger partial charge < -0.3 is 10.6 Å². The Balaban J connectivity index is 2.54. The Morgan fingerprint density at radius 3 is 2.47 bits per heavy atom. The lowest BCUT2D eigenvalue weighted by atomic mass is 9.83. The number of hydrogen-bond donors (Lipinski definition) is 1. The molecule has 114 valence electrons. The van der Waals surface area contributed by atoms with Crippen molar-refractivity contribution in [1.29, 1.82) is 0 Å². The van der Waals surface area contributed by atoms with Crippen molar-refractivity contribution in [2.24, 2.45) is 17.6 Å². The van der Waals surface area contributed by atoms with E-state index in [1.807, 2.05) is 0 Å². The molecule has 0 spiro atoms. The van der Waals surface area contributed by atoms with Gasteiger partial charge in [0, 0.05) is 12.6 Å². The first-order valence-corrected chi connectivity index (χ1v) is 8.70. The molecule has 19 heavy (non-hydrogen) atoms. The quantitative estimate of drug-likeness (QED) is 0.684. The summed E-state index contributed by atoms with van der Waals surface area (Å²) in [6.45, 7) is 10.4. The van der Waals surface area contributed by atoms with Gasteiger partial charge in [0.25, 0.3) is 0 Å². The van der Waals surface area contributed by atoms with Crippen LogP contribution in [0.1, 0.15) is 72.1 Å². The van der Waals surface area contributed by atoms with E-state index in [1.54, 1.807) is 0 Å². The minimum absolute atomic E-state index is 0.748. The smallest absolute Gasteiger partial charge is 0.0135 e. The molecule has 0 aromatic heterocycles. The highest BCUT2D eigenvalue weighted by atomic mass is 15.2. The predicted octanol–water partition coefficient (Wildman–Crippen LogP) is 4.04. The molecule has 2 nitrogen and oxygen atoms in total. The standard InChI is InChI=1S/C17H36N2/c1-4-7-10-15(5-2)14-19(6-3)17-12-9-8-11-16(17)13-18/h15-17H,4-14,18H2,1-3H3. The molecule has 0 bridgehead atoms. The zero-order valence-corrected chi connectivity index (χ0v) is 13.5. The second-order valence-electron chi connectivity index (χ2n) is 6.35. The molecule has 3 atom stereocenters. The Kier molecular flexibility index (Phi) is 8.72. The Bertz CT molecular complexity index is 217. The third-order valence-electron chi connectivity index (χ3n) is 5.08. The second-order valence-corrected chi connectivity index (χ2v) is 6.35. The lowest BCUT2D eigenvalue weighted by Gasteiger charge is -2.40. The molecule has 1 fully saturated rings. The van der Waals surface area contributed by atoms with Gasteiger partial charge >= 0.3 is 0 Å². The van der Waals surface area contributed by atoms with Crippen molar-refractivity contribution in [3.8, 4) is 0 Å². The number of unbranched alkanes of at least 4 members (excludes halogenated alkanes) is 1. The van der Waals surface area contributed by atoms with Gasteiger partial charge in [-0.3, -0.25) is 0 Å². The lowest BCUT2D eigenvalue weighted by Crippen LogP contribution is -2.46. The van der Waals surface area contributed by atoms with Crippen molar-refractivity contribution < 1.29 is 0 Å². The van der Waals surface area contributed by atoms with Gasteiger partial charge in [0.2, 0.25) is 0 Å². The van der Waals surface area contributed by atoms with Crippen molar-refractivity contribution in [1.82, 2.24) is 4.90 Å². The topological polar surface area (TPSA) is 29.3 Å². The first kappa shape index (κ1) is 17.0. The van der Waals surface area contributed by atoms with E-state index >= 15 is 0 Å². The lowest BCUT2D eigenvalue weighted by molar-refractivity contribution is 0.0922. The highest BCUT2D eigenvalue weighted by Crippen LogP contribution is 2.29. The predicted molar refractivity (Wildman–Crippen MR) is 85.4 cm³/mol. The van der Waals surface area contributed by atoms with Crippen LogP contribution in [0.2, 0.25) is 0 Å². The molecule has 2 heteroatoms. The van der Waals surface area contributed by atoms with Crippen LogP contribution in [-0.4, -0.2) is 30.6 Å². The van der Waals surface area contributed by atoms with Gasteiger partial charge in [-0.1, -0.05) is 52.9 Å². The van der Waals surface area contributed by atoms with Crippen molar-refractivity contribution >= 4 is 0 Å². The maximum atomic E-state index is 6.00. The summed E-state index contributed by atoms with van der Waals surface area (Å²) in [5.41, 5.74) is 6.00. The summed E-state index contributed by atoms with van der Waals surface area (Å²) in [5.74, 6) is 1.64. The molecule has 0 amide bonds.